The van der Waals surface area contributed by atoms with E-state index in [0.29, 0.717) is 12.2 Å². The Balaban J connectivity index is 1.48. The average Bonchev–Trinajstić information content (AvgIpc) is 3.26. The Kier molecular flexibility index (Phi) is 13.5. The number of aromatic nitrogens is 4. The SMILES string of the molecule is CCCCCCCCCCCCCCCCCCNC(=O)Cn1cnc2c1c(=O)n(C)c(=O)n2C. The molecule has 0 aliphatic carbocycles. The van der Waals surface area contributed by atoms with Crippen molar-refractivity contribution in [1.82, 2.24) is 24.0 Å². The number of carbonyl (C=O) groups is 1. The fourth-order valence-corrected chi connectivity index (χ4v) is 4.63. The molecule has 2 rings (SSSR count). The highest BCUT2D eigenvalue weighted by atomic mass is 16.2. The van der Waals surface area contributed by atoms with Crippen molar-refractivity contribution >= 4 is 17.1 Å². The Hall–Kier alpha value is -2.38. The Morgan fingerprint density at radius 3 is 1.77 bits per heavy atom. The molecule has 0 aliphatic rings. The van der Waals surface area contributed by atoms with Gasteiger partial charge in [-0.05, 0) is 6.42 Å². The molecular formula is C27H47N5O3. The molecule has 35 heavy (non-hydrogen) atoms. The van der Waals surface area contributed by atoms with Crippen LogP contribution in [-0.4, -0.2) is 31.1 Å². The Morgan fingerprint density at radius 1 is 0.771 bits per heavy atom. The normalized spacial score (nSPS) is 11.4. The first-order valence-corrected chi connectivity index (χ1v) is 13.8. The highest BCUT2D eigenvalue weighted by Gasteiger charge is 2.15. The zero-order valence-corrected chi connectivity index (χ0v) is 22.3. The summed E-state index contributed by atoms with van der Waals surface area (Å²) < 4.78 is 3.87. The molecule has 0 atom stereocenters. The number of imidazole rings is 1. The molecule has 2 heterocycles. The predicted octanol–water partition coefficient (Wildman–Crippen LogP) is 4.81. The second-order valence-electron chi connectivity index (χ2n) is 9.90. The lowest BCUT2D eigenvalue weighted by atomic mass is 10.0. The Labute approximate surface area is 210 Å². The molecular weight excluding hydrogens is 442 g/mol. The summed E-state index contributed by atoms with van der Waals surface area (Å²) in [5, 5.41) is 2.93. The molecule has 0 bridgehead atoms. The molecule has 8 nitrogen and oxygen atoms in total. The van der Waals surface area contributed by atoms with E-state index in [1.807, 2.05) is 0 Å². The summed E-state index contributed by atoms with van der Waals surface area (Å²) in [6.45, 7) is 2.93. The van der Waals surface area contributed by atoms with E-state index in [1.165, 1.54) is 112 Å². The molecule has 0 aromatic carbocycles. The highest BCUT2D eigenvalue weighted by molar-refractivity contribution is 5.78. The maximum Gasteiger partial charge on any atom is 0.332 e. The molecule has 0 radical (unpaired) electrons. The van der Waals surface area contributed by atoms with E-state index in [4.69, 9.17) is 0 Å². The molecule has 0 fully saturated rings. The zero-order chi connectivity index (χ0) is 25.5. The van der Waals surface area contributed by atoms with E-state index in [-0.39, 0.29) is 18.0 Å². The fourth-order valence-electron chi connectivity index (χ4n) is 4.63. The molecule has 198 valence electrons. The van der Waals surface area contributed by atoms with E-state index >= 15 is 0 Å². The van der Waals surface area contributed by atoms with Crippen LogP contribution in [0.15, 0.2) is 15.9 Å². The summed E-state index contributed by atoms with van der Waals surface area (Å²) in [4.78, 5) is 40.9. The monoisotopic (exact) mass is 489 g/mol. The van der Waals surface area contributed by atoms with Gasteiger partial charge in [-0.3, -0.25) is 18.7 Å². The van der Waals surface area contributed by atoms with Gasteiger partial charge >= 0.3 is 5.69 Å². The predicted molar refractivity (Wildman–Crippen MR) is 143 cm³/mol. The van der Waals surface area contributed by atoms with Gasteiger partial charge in [0.05, 0.1) is 6.33 Å². The number of unbranched alkanes of at least 4 members (excludes halogenated alkanes) is 15. The molecule has 8 heteroatoms. The van der Waals surface area contributed by atoms with E-state index < -0.39 is 11.2 Å². The van der Waals surface area contributed by atoms with Crippen molar-refractivity contribution in [3.8, 4) is 0 Å². The maximum atomic E-state index is 12.4. The molecule has 0 aliphatic heterocycles. The number of hydrogen-bond acceptors (Lipinski definition) is 4. The quantitative estimate of drug-likeness (QED) is 0.287. The third-order valence-electron chi connectivity index (χ3n) is 6.88. The summed E-state index contributed by atoms with van der Waals surface area (Å²) in [7, 11) is 3.00. The van der Waals surface area contributed by atoms with Crippen molar-refractivity contribution in [3.63, 3.8) is 0 Å². The minimum absolute atomic E-state index is 0.0167. The number of fused-ring (bicyclic) bond motifs is 1. The molecule has 2 aromatic rings. The number of amides is 1. The van der Waals surface area contributed by atoms with Crippen LogP contribution in [0.4, 0.5) is 0 Å². The first kappa shape index (κ1) is 28.9. The van der Waals surface area contributed by atoms with Gasteiger partial charge in [-0.1, -0.05) is 103 Å². The number of nitrogens with one attached hydrogen (secondary N) is 1. The molecule has 0 spiro atoms. The van der Waals surface area contributed by atoms with Gasteiger partial charge in [0, 0.05) is 20.6 Å². The topological polar surface area (TPSA) is 90.9 Å². The van der Waals surface area contributed by atoms with Crippen molar-refractivity contribution < 1.29 is 4.79 Å². The zero-order valence-electron chi connectivity index (χ0n) is 22.3. The Morgan fingerprint density at radius 2 is 1.26 bits per heavy atom. The molecule has 0 saturated carbocycles. The lowest BCUT2D eigenvalue weighted by Gasteiger charge is -2.08. The van der Waals surface area contributed by atoms with Crippen molar-refractivity contribution in [2.45, 2.75) is 116 Å². The summed E-state index contributed by atoms with van der Waals surface area (Å²) in [5.41, 5.74) is -0.303. The lowest BCUT2D eigenvalue weighted by Crippen LogP contribution is -2.38. The minimum Gasteiger partial charge on any atom is -0.355 e. The van der Waals surface area contributed by atoms with Crippen LogP contribution in [0.3, 0.4) is 0 Å². The average molecular weight is 490 g/mol. The lowest BCUT2D eigenvalue weighted by molar-refractivity contribution is -0.121. The van der Waals surface area contributed by atoms with E-state index in [1.54, 1.807) is 7.05 Å². The van der Waals surface area contributed by atoms with Crippen LogP contribution >= 0.6 is 0 Å². The Bertz CT molecular complexity index is 1000. The second-order valence-corrected chi connectivity index (χ2v) is 9.90. The largest absolute Gasteiger partial charge is 0.355 e. The molecule has 2 aromatic heterocycles. The van der Waals surface area contributed by atoms with Gasteiger partial charge in [0.1, 0.15) is 6.54 Å². The first-order valence-electron chi connectivity index (χ1n) is 13.8. The summed E-state index contributed by atoms with van der Waals surface area (Å²) in [6.07, 6.45) is 22.6. The van der Waals surface area contributed by atoms with Crippen LogP contribution in [0, 0.1) is 0 Å². The van der Waals surface area contributed by atoms with E-state index in [2.05, 4.69) is 17.2 Å². The van der Waals surface area contributed by atoms with Crippen LogP contribution in [0.5, 0.6) is 0 Å². The van der Waals surface area contributed by atoms with Crippen molar-refractivity contribution in [1.29, 1.82) is 0 Å². The molecule has 0 unspecified atom stereocenters. The summed E-state index contributed by atoms with van der Waals surface area (Å²) in [6, 6.07) is 0. The van der Waals surface area contributed by atoms with Crippen LogP contribution in [0.25, 0.3) is 11.2 Å². The first-order chi connectivity index (χ1) is 17.0. The van der Waals surface area contributed by atoms with Gasteiger partial charge in [-0.15, -0.1) is 0 Å². The fraction of sp³-hybridized carbons (Fsp3) is 0.778. The van der Waals surface area contributed by atoms with E-state index in [9.17, 15) is 14.4 Å². The van der Waals surface area contributed by atoms with Crippen LogP contribution in [0.1, 0.15) is 110 Å². The maximum absolute atomic E-state index is 12.4. The van der Waals surface area contributed by atoms with Gasteiger partial charge in [0.2, 0.25) is 5.91 Å². The van der Waals surface area contributed by atoms with Crippen molar-refractivity contribution in [3.05, 3.63) is 27.2 Å². The van der Waals surface area contributed by atoms with Crippen molar-refractivity contribution in [2.75, 3.05) is 6.54 Å². The van der Waals surface area contributed by atoms with Crippen LogP contribution in [-0.2, 0) is 25.4 Å². The van der Waals surface area contributed by atoms with Crippen LogP contribution < -0.4 is 16.6 Å². The second kappa shape index (κ2) is 16.3. The van der Waals surface area contributed by atoms with Gasteiger partial charge in [0.25, 0.3) is 5.56 Å². The number of nitrogens with zero attached hydrogens (tertiary/aromatic N) is 4. The number of carbonyl (C=O) groups excluding carboxylic acids is 1. The number of rotatable bonds is 19. The van der Waals surface area contributed by atoms with Gasteiger partial charge in [0.15, 0.2) is 11.2 Å². The van der Waals surface area contributed by atoms with Crippen molar-refractivity contribution in [2.24, 2.45) is 14.1 Å². The number of aryl methyl sites for hydroxylation is 1. The smallest absolute Gasteiger partial charge is 0.332 e. The number of hydrogen-bond donors (Lipinski definition) is 1. The molecule has 1 amide bonds. The standard InChI is InChI=1S/C27H47N5O3/c1-4-5-6-7-8-9-10-11-12-13-14-15-16-17-18-19-20-28-23(33)21-32-22-29-25-24(32)26(34)31(3)27(35)30(25)2/h22H,4-21H2,1-3H3,(H,28,33). The van der Waals surface area contributed by atoms with Gasteiger partial charge in [-0.2, -0.15) is 0 Å². The molecule has 0 saturated heterocycles. The van der Waals surface area contributed by atoms with Gasteiger partial charge in [-0.25, -0.2) is 9.78 Å². The minimum atomic E-state index is -0.439. The highest BCUT2D eigenvalue weighted by Crippen LogP contribution is 2.13. The van der Waals surface area contributed by atoms with Crippen LogP contribution in [0.2, 0.25) is 0 Å². The summed E-state index contributed by atoms with van der Waals surface area (Å²) in [5.74, 6) is -0.152. The van der Waals surface area contributed by atoms with E-state index in [0.717, 1.165) is 17.4 Å². The summed E-state index contributed by atoms with van der Waals surface area (Å²) >= 11 is 0. The third kappa shape index (κ3) is 9.65. The third-order valence-corrected chi connectivity index (χ3v) is 6.88. The molecule has 1 N–H and O–H groups in total. The van der Waals surface area contributed by atoms with Gasteiger partial charge < -0.3 is 9.88 Å².